The summed E-state index contributed by atoms with van der Waals surface area (Å²) in [6.45, 7) is 5.29. The molecule has 0 spiro atoms. The van der Waals surface area contributed by atoms with E-state index in [-0.39, 0.29) is 18.6 Å². The normalized spacial score (nSPS) is 10.9. The SMILES string of the molecule is Cc1ccc(C(=O)NCC(=O)N/N=C\c2ccc(-c3cccc(C(=O)OC(C)C)c3)o2)cc1. The molecule has 1 aromatic heterocycles. The van der Waals surface area contributed by atoms with E-state index in [0.717, 1.165) is 5.56 Å². The number of carbonyl (C=O) groups excluding carboxylic acids is 3. The number of hydrazone groups is 1. The summed E-state index contributed by atoms with van der Waals surface area (Å²) >= 11 is 0. The van der Waals surface area contributed by atoms with Crippen molar-refractivity contribution in [1.29, 1.82) is 0 Å². The lowest BCUT2D eigenvalue weighted by molar-refractivity contribution is -0.120. The fourth-order valence-electron chi connectivity index (χ4n) is 2.83. The molecule has 0 aliphatic heterocycles. The van der Waals surface area contributed by atoms with Gasteiger partial charge in [-0.05, 0) is 57.2 Å². The molecule has 0 unspecified atom stereocenters. The monoisotopic (exact) mass is 447 g/mol. The fraction of sp³-hybridized carbons (Fsp3) is 0.200. The van der Waals surface area contributed by atoms with Crippen molar-refractivity contribution >= 4 is 24.0 Å². The van der Waals surface area contributed by atoms with Crippen molar-refractivity contribution in [2.75, 3.05) is 6.54 Å². The van der Waals surface area contributed by atoms with Crippen LogP contribution < -0.4 is 10.7 Å². The minimum atomic E-state index is -0.477. The van der Waals surface area contributed by atoms with E-state index in [9.17, 15) is 14.4 Å². The van der Waals surface area contributed by atoms with E-state index in [4.69, 9.17) is 9.15 Å². The Morgan fingerprint density at radius 3 is 2.52 bits per heavy atom. The molecule has 170 valence electrons. The number of nitrogens with zero attached hydrogens (tertiary/aromatic N) is 1. The van der Waals surface area contributed by atoms with E-state index < -0.39 is 11.9 Å². The van der Waals surface area contributed by atoms with Crippen LogP contribution in [-0.2, 0) is 9.53 Å². The Morgan fingerprint density at radius 2 is 1.79 bits per heavy atom. The Hall–Kier alpha value is -4.20. The molecule has 0 bridgehead atoms. The number of amides is 2. The van der Waals surface area contributed by atoms with Gasteiger partial charge in [0, 0.05) is 11.1 Å². The van der Waals surface area contributed by atoms with Crippen molar-refractivity contribution in [1.82, 2.24) is 10.7 Å². The molecule has 0 saturated heterocycles. The molecule has 0 aliphatic rings. The lowest BCUT2D eigenvalue weighted by atomic mass is 10.1. The smallest absolute Gasteiger partial charge is 0.338 e. The molecule has 0 saturated carbocycles. The van der Waals surface area contributed by atoms with Gasteiger partial charge in [0.1, 0.15) is 11.5 Å². The van der Waals surface area contributed by atoms with Crippen LogP contribution in [0.15, 0.2) is 70.2 Å². The Labute approximate surface area is 191 Å². The summed E-state index contributed by atoms with van der Waals surface area (Å²) in [6, 6.07) is 17.4. The standard InChI is InChI=1S/C25H25N3O5/c1-16(2)32-25(31)20-6-4-5-19(13-20)22-12-11-21(33-22)14-27-28-23(29)15-26-24(30)18-9-7-17(3)8-10-18/h4-14,16H,15H2,1-3H3,(H,26,30)(H,28,29)/b27-14-. The Morgan fingerprint density at radius 1 is 1.03 bits per heavy atom. The molecule has 1 heterocycles. The van der Waals surface area contributed by atoms with Crippen molar-refractivity contribution < 1.29 is 23.5 Å². The summed E-state index contributed by atoms with van der Waals surface area (Å²) in [5, 5.41) is 6.38. The molecule has 0 atom stereocenters. The topological polar surface area (TPSA) is 110 Å². The average Bonchev–Trinajstić information content (AvgIpc) is 3.26. The summed E-state index contributed by atoms with van der Waals surface area (Å²) in [6.07, 6.45) is 1.14. The molecule has 2 aromatic carbocycles. The highest BCUT2D eigenvalue weighted by atomic mass is 16.5. The number of esters is 1. The van der Waals surface area contributed by atoms with Gasteiger partial charge in [0.05, 0.1) is 24.4 Å². The predicted molar refractivity (Wildman–Crippen MR) is 124 cm³/mol. The number of rotatable bonds is 8. The molecule has 0 aliphatic carbocycles. The van der Waals surface area contributed by atoms with E-state index in [0.29, 0.717) is 28.2 Å². The van der Waals surface area contributed by atoms with Crippen LogP contribution >= 0.6 is 0 Å². The zero-order valence-corrected chi connectivity index (χ0v) is 18.6. The van der Waals surface area contributed by atoms with Gasteiger partial charge >= 0.3 is 5.97 Å². The third kappa shape index (κ3) is 6.90. The van der Waals surface area contributed by atoms with Crippen LogP contribution in [0.1, 0.15) is 45.9 Å². The van der Waals surface area contributed by atoms with Gasteiger partial charge in [-0.25, -0.2) is 10.2 Å². The van der Waals surface area contributed by atoms with Crippen molar-refractivity contribution in [3.63, 3.8) is 0 Å². The maximum absolute atomic E-state index is 12.1. The van der Waals surface area contributed by atoms with Gasteiger partial charge in [0.25, 0.3) is 11.8 Å². The van der Waals surface area contributed by atoms with Crippen LogP contribution in [0.4, 0.5) is 0 Å². The number of nitrogens with one attached hydrogen (secondary N) is 2. The first kappa shape index (κ1) is 23.5. The molecule has 8 nitrogen and oxygen atoms in total. The largest absolute Gasteiger partial charge is 0.459 e. The number of benzene rings is 2. The Kier molecular flexibility index (Phi) is 7.75. The number of carbonyl (C=O) groups is 3. The summed E-state index contributed by atoms with van der Waals surface area (Å²) in [5.74, 6) is -0.284. The second-order valence-corrected chi connectivity index (χ2v) is 7.58. The van der Waals surface area contributed by atoms with Crippen LogP contribution in [0.2, 0.25) is 0 Å². The second-order valence-electron chi connectivity index (χ2n) is 7.58. The van der Waals surface area contributed by atoms with Gasteiger partial charge in [-0.15, -0.1) is 0 Å². The maximum Gasteiger partial charge on any atom is 0.338 e. The van der Waals surface area contributed by atoms with Gasteiger partial charge in [0.2, 0.25) is 0 Å². The summed E-state index contributed by atoms with van der Waals surface area (Å²) in [5.41, 5.74) is 4.98. The third-order valence-corrected chi connectivity index (χ3v) is 4.46. The summed E-state index contributed by atoms with van der Waals surface area (Å²) < 4.78 is 10.9. The van der Waals surface area contributed by atoms with Crippen molar-refractivity contribution in [3.05, 3.63) is 83.1 Å². The van der Waals surface area contributed by atoms with Gasteiger partial charge in [-0.2, -0.15) is 5.10 Å². The van der Waals surface area contributed by atoms with Gasteiger partial charge in [-0.3, -0.25) is 9.59 Å². The Balaban J connectivity index is 1.52. The number of ether oxygens (including phenoxy) is 1. The lowest BCUT2D eigenvalue weighted by Gasteiger charge is -2.08. The van der Waals surface area contributed by atoms with Crippen LogP contribution in [0.3, 0.4) is 0 Å². The first-order valence-electron chi connectivity index (χ1n) is 10.4. The van der Waals surface area contributed by atoms with Crippen LogP contribution in [0.5, 0.6) is 0 Å². The predicted octanol–water partition coefficient (Wildman–Crippen LogP) is 3.70. The zero-order chi connectivity index (χ0) is 23.8. The maximum atomic E-state index is 12.1. The number of hydrogen-bond donors (Lipinski definition) is 2. The van der Waals surface area contributed by atoms with E-state index in [1.807, 2.05) is 25.1 Å². The average molecular weight is 447 g/mol. The molecule has 3 aromatic rings. The molecule has 3 rings (SSSR count). The van der Waals surface area contributed by atoms with E-state index >= 15 is 0 Å². The molecule has 2 N–H and O–H groups in total. The van der Waals surface area contributed by atoms with Crippen molar-refractivity contribution in [2.24, 2.45) is 5.10 Å². The van der Waals surface area contributed by atoms with Gasteiger partial charge in [0.15, 0.2) is 0 Å². The Bertz CT molecular complexity index is 1160. The van der Waals surface area contributed by atoms with Crippen LogP contribution in [0.25, 0.3) is 11.3 Å². The third-order valence-electron chi connectivity index (χ3n) is 4.46. The molecule has 33 heavy (non-hydrogen) atoms. The minimum Gasteiger partial charge on any atom is -0.459 e. The molecular weight excluding hydrogens is 422 g/mol. The quantitative estimate of drug-likeness (QED) is 0.311. The number of furan rings is 1. The van der Waals surface area contributed by atoms with E-state index in [2.05, 4.69) is 15.8 Å². The minimum absolute atomic E-state index is 0.210. The summed E-state index contributed by atoms with van der Waals surface area (Å²) in [4.78, 5) is 36.0. The molecule has 2 amide bonds. The number of hydrogen-bond acceptors (Lipinski definition) is 6. The zero-order valence-electron chi connectivity index (χ0n) is 18.6. The first-order valence-corrected chi connectivity index (χ1v) is 10.4. The second kappa shape index (κ2) is 10.9. The van der Waals surface area contributed by atoms with Crippen molar-refractivity contribution in [2.45, 2.75) is 26.9 Å². The van der Waals surface area contributed by atoms with E-state index in [1.165, 1.54) is 6.21 Å². The molecule has 8 heteroatoms. The van der Waals surface area contributed by atoms with Gasteiger partial charge in [-0.1, -0.05) is 29.8 Å². The van der Waals surface area contributed by atoms with Crippen LogP contribution in [0, 0.1) is 6.92 Å². The van der Waals surface area contributed by atoms with E-state index in [1.54, 1.807) is 56.3 Å². The molecular formula is C25H25N3O5. The van der Waals surface area contributed by atoms with Crippen LogP contribution in [-0.4, -0.2) is 36.6 Å². The number of aryl methyl sites for hydroxylation is 1. The fourth-order valence-corrected chi connectivity index (χ4v) is 2.83. The summed E-state index contributed by atoms with van der Waals surface area (Å²) in [7, 11) is 0. The van der Waals surface area contributed by atoms with Crippen molar-refractivity contribution in [3.8, 4) is 11.3 Å². The lowest BCUT2D eigenvalue weighted by Crippen LogP contribution is -2.34. The highest BCUT2D eigenvalue weighted by Crippen LogP contribution is 2.23. The highest BCUT2D eigenvalue weighted by Gasteiger charge is 2.12. The molecule has 0 fully saturated rings. The first-order chi connectivity index (χ1) is 15.8. The highest BCUT2D eigenvalue weighted by molar-refractivity contribution is 5.96. The van der Waals surface area contributed by atoms with Gasteiger partial charge < -0.3 is 14.5 Å². The molecule has 0 radical (unpaired) electrons.